The van der Waals surface area contributed by atoms with Gasteiger partial charge in [0.1, 0.15) is 5.82 Å². The third-order valence-electron chi connectivity index (χ3n) is 5.41. The minimum Gasteiger partial charge on any atom is -0.481 e. The van der Waals surface area contributed by atoms with Crippen LogP contribution in [-0.2, 0) is 16.0 Å². The summed E-state index contributed by atoms with van der Waals surface area (Å²) < 4.78 is 13.8. The molecule has 1 atom stereocenters. The number of hydrogen-bond acceptors (Lipinski definition) is 2. The number of amides is 1. The third kappa shape index (κ3) is 3.50. The number of benzene rings is 2. The number of hydrogen-bond donors (Lipinski definition) is 2. The predicted octanol–water partition coefficient (Wildman–Crippen LogP) is 3.84. The molecule has 2 aromatic carbocycles. The molecule has 0 saturated carbocycles. The Morgan fingerprint density at radius 3 is 2.68 bits per heavy atom. The van der Waals surface area contributed by atoms with Gasteiger partial charge in [-0.1, -0.05) is 30.3 Å². The molecule has 0 radical (unpaired) electrons. The fourth-order valence-electron chi connectivity index (χ4n) is 3.91. The second-order valence-corrected chi connectivity index (χ2v) is 7.20. The molecule has 1 amide bonds. The number of H-pyrrole nitrogens is 1. The maximum atomic E-state index is 13.8. The second kappa shape index (κ2) is 7.46. The van der Waals surface area contributed by atoms with Gasteiger partial charge in [-0.25, -0.2) is 4.39 Å². The van der Waals surface area contributed by atoms with E-state index in [4.69, 9.17) is 5.11 Å². The number of nitrogens with zero attached hydrogens (tertiary/aromatic N) is 1. The van der Waals surface area contributed by atoms with Crippen molar-refractivity contribution in [3.63, 3.8) is 0 Å². The Morgan fingerprint density at radius 2 is 1.96 bits per heavy atom. The van der Waals surface area contributed by atoms with Crippen molar-refractivity contribution in [3.8, 4) is 11.3 Å². The van der Waals surface area contributed by atoms with Crippen LogP contribution >= 0.6 is 0 Å². The van der Waals surface area contributed by atoms with Gasteiger partial charge in [-0.3, -0.25) is 9.59 Å². The van der Waals surface area contributed by atoms with Crippen molar-refractivity contribution in [2.24, 2.45) is 5.92 Å². The first-order valence-electron chi connectivity index (χ1n) is 9.39. The van der Waals surface area contributed by atoms with E-state index in [1.165, 1.54) is 12.1 Å². The van der Waals surface area contributed by atoms with Crippen LogP contribution in [0.15, 0.2) is 48.5 Å². The number of fused-ring (bicyclic) bond motifs is 1. The maximum Gasteiger partial charge on any atom is 0.308 e. The number of rotatable bonds is 5. The number of carboxylic acids is 1. The molecule has 28 heavy (non-hydrogen) atoms. The van der Waals surface area contributed by atoms with Crippen LogP contribution in [0, 0.1) is 11.7 Å². The van der Waals surface area contributed by atoms with E-state index in [1.807, 2.05) is 30.3 Å². The Balaban J connectivity index is 1.60. The number of aliphatic carboxylic acids is 1. The largest absolute Gasteiger partial charge is 0.481 e. The SMILES string of the molecule is O=C(O)C1CCN(C(=O)CCc2c(-c3ccccc3)[nH]c3ccc(F)cc23)C1. The number of aromatic nitrogens is 1. The topological polar surface area (TPSA) is 73.4 Å². The summed E-state index contributed by atoms with van der Waals surface area (Å²) in [4.78, 5) is 28.7. The number of halogens is 1. The number of carboxylic acid groups (broad SMARTS) is 1. The number of likely N-dealkylation sites (tertiary alicyclic amines) is 1. The molecule has 2 N–H and O–H groups in total. The van der Waals surface area contributed by atoms with Crippen molar-refractivity contribution in [1.82, 2.24) is 9.88 Å². The molecule has 0 spiro atoms. The average molecular weight is 380 g/mol. The Morgan fingerprint density at radius 1 is 1.18 bits per heavy atom. The summed E-state index contributed by atoms with van der Waals surface area (Å²) in [5.41, 5.74) is 3.60. The minimum absolute atomic E-state index is 0.0616. The second-order valence-electron chi connectivity index (χ2n) is 7.20. The lowest BCUT2D eigenvalue weighted by molar-refractivity contribution is -0.141. The summed E-state index contributed by atoms with van der Waals surface area (Å²) in [5.74, 6) is -1.71. The lowest BCUT2D eigenvalue weighted by Gasteiger charge is -2.16. The van der Waals surface area contributed by atoms with Crippen LogP contribution < -0.4 is 0 Å². The van der Waals surface area contributed by atoms with E-state index in [1.54, 1.807) is 11.0 Å². The molecule has 144 valence electrons. The molecule has 5 nitrogen and oxygen atoms in total. The van der Waals surface area contributed by atoms with Gasteiger partial charge in [0.15, 0.2) is 0 Å². The normalized spacial score (nSPS) is 16.6. The quantitative estimate of drug-likeness (QED) is 0.706. The standard InChI is InChI=1S/C22H21FN2O3/c23-16-6-8-19-18(12-16)17(21(24-19)14-4-2-1-3-5-14)7-9-20(26)25-11-10-15(13-25)22(27)28/h1-6,8,12,15,24H,7,9-11,13H2,(H,27,28). The summed E-state index contributed by atoms with van der Waals surface area (Å²) in [7, 11) is 0. The Bertz CT molecular complexity index is 1030. The summed E-state index contributed by atoms with van der Waals surface area (Å²) >= 11 is 0. The van der Waals surface area contributed by atoms with Crippen molar-refractivity contribution >= 4 is 22.8 Å². The van der Waals surface area contributed by atoms with Crippen LogP contribution in [0.2, 0.25) is 0 Å². The summed E-state index contributed by atoms with van der Waals surface area (Å²) in [6.45, 7) is 0.742. The molecule has 3 aromatic rings. The Hall–Kier alpha value is -3.15. The summed E-state index contributed by atoms with van der Waals surface area (Å²) in [5, 5.41) is 9.90. The zero-order valence-electron chi connectivity index (χ0n) is 15.3. The average Bonchev–Trinajstić information content (AvgIpc) is 3.32. The minimum atomic E-state index is -0.853. The van der Waals surface area contributed by atoms with Gasteiger partial charge in [0, 0.05) is 36.1 Å². The molecule has 1 aromatic heterocycles. The van der Waals surface area contributed by atoms with Crippen LogP contribution in [0.25, 0.3) is 22.2 Å². The molecule has 2 heterocycles. The molecule has 1 fully saturated rings. The summed E-state index contributed by atoms with van der Waals surface area (Å²) in [6, 6.07) is 14.4. The maximum absolute atomic E-state index is 13.8. The van der Waals surface area contributed by atoms with E-state index >= 15 is 0 Å². The fraction of sp³-hybridized carbons (Fsp3) is 0.273. The van der Waals surface area contributed by atoms with E-state index in [-0.39, 0.29) is 24.7 Å². The first-order chi connectivity index (χ1) is 13.5. The van der Waals surface area contributed by atoms with Crippen molar-refractivity contribution in [2.45, 2.75) is 19.3 Å². The first kappa shape index (κ1) is 18.2. The van der Waals surface area contributed by atoms with Crippen LogP contribution in [-0.4, -0.2) is 40.0 Å². The van der Waals surface area contributed by atoms with Crippen molar-refractivity contribution in [2.75, 3.05) is 13.1 Å². The van der Waals surface area contributed by atoms with E-state index in [0.29, 0.717) is 19.4 Å². The summed E-state index contributed by atoms with van der Waals surface area (Å²) in [6.07, 6.45) is 1.21. The molecule has 4 rings (SSSR count). The Labute approximate surface area is 161 Å². The van der Waals surface area contributed by atoms with Crippen LogP contribution in [0.5, 0.6) is 0 Å². The van der Waals surface area contributed by atoms with Crippen molar-refractivity contribution < 1.29 is 19.1 Å². The monoisotopic (exact) mass is 380 g/mol. The van der Waals surface area contributed by atoms with Crippen molar-refractivity contribution in [3.05, 3.63) is 59.9 Å². The van der Waals surface area contributed by atoms with Gasteiger partial charge < -0.3 is 15.0 Å². The highest BCUT2D eigenvalue weighted by Gasteiger charge is 2.30. The smallest absolute Gasteiger partial charge is 0.308 e. The molecular weight excluding hydrogens is 359 g/mol. The van der Waals surface area contributed by atoms with Gasteiger partial charge in [0.2, 0.25) is 5.91 Å². The molecule has 1 saturated heterocycles. The fourth-order valence-corrected chi connectivity index (χ4v) is 3.91. The van der Waals surface area contributed by atoms with Crippen LogP contribution in [0.4, 0.5) is 4.39 Å². The number of carbonyl (C=O) groups is 2. The highest BCUT2D eigenvalue weighted by molar-refractivity contribution is 5.91. The number of nitrogens with one attached hydrogen (secondary N) is 1. The molecule has 0 bridgehead atoms. The van der Waals surface area contributed by atoms with E-state index in [0.717, 1.165) is 27.7 Å². The molecule has 1 aliphatic heterocycles. The first-order valence-corrected chi connectivity index (χ1v) is 9.39. The number of carbonyl (C=O) groups excluding carboxylic acids is 1. The number of aromatic amines is 1. The highest BCUT2D eigenvalue weighted by Crippen LogP contribution is 2.32. The van der Waals surface area contributed by atoms with Gasteiger partial charge in [0.25, 0.3) is 0 Å². The Kier molecular flexibility index (Phi) is 4.86. The number of aryl methyl sites for hydroxylation is 1. The van der Waals surface area contributed by atoms with Crippen LogP contribution in [0.3, 0.4) is 0 Å². The molecule has 0 aliphatic carbocycles. The van der Waals surface area contributed by atoms with E-state index in [9.17, 15) is 14.0 Å². The third-order valence-corrected chi connectivity index (χ3v) is 5.41. The van der Waals surface area contributed by atoms with Crippen molar-refractivity contribution in [1.29, 1.82) is 0 Å². The van der Waals surface area contributed by atoms with E-state index in [2.05, 4.69) is 4.98 Å². The molecule has 1 unspecified atom stereocenters. The highest BCUT2D eigenvalue weighted by atomic mass is 19.1. The van der Waals surface area contributed by atoms with Gasteiger partial charge in [-0.05, 0) is 42.2 Å². The van der Waals surface area contributed by atoms with Gasteiger partial charge in [-0.2, -0.15) is 0 Å². The van der Waals surface area contributed by atoms with E-state index < -0.39 is 11.9 Å². The van der Waals surface area contributed by atoms with Gasteiger partial charge >= 0.3 is 5.97 Å². The van der Waals surface area contributed by atoms with Gasteiger partial charge in [-0.15, -0.1) is 0 Å². The predicted molar refractivity (Wildman–Crippen MR) is 104 cm³/mol. The lowest BCUT2D eigenvalue weighted by atomic mass is 10.0. The molecule has 1 aliphatic rings. The zero-order valence-corrected chi connectivity index (χ0v) is 15.3. The molecule has 6 heteroatoms. The molecular formula is C22H21FN2O3. The zero-order chi connectivity index (χ0) is 19.7. The lowest BCUT2D eigenvalue weighted by Crippen LogP contribution is -2.30. The van der Waals surface area contributed by atoms with Crippen LogP contribution in [0.1, 0.15) is 18.4 Å². The van der Waals surface area contributed by atoms with Gasteiger partial charge in [0.05, 0.1) is 5.92 Å².